The van der Waals surface area contributed by atoms with Crippen molar-refractivity contribution in [2.24, 2.45) is 0 Å². The number of rotatable bonds is 5. The van der Waals surface area contributed by atoms with Gasteiger partial charge in [-0.2, -0.15) is 14.6 Å². The lowest BCUT2D eigenvalue weighted by atomic mass is 10.1. The van der Waals surface area contributed by atoms with Gasteiger partial charge in [-0.05, 0) is 54.6 Å². The lowest BCUT2D eigenvalue weighted by molar-refractivity contribution is 0.415. The van der Waals surface area contributed by atoms with Crippen LogP contribution in [-0.4, -0.2) is 36.5 Å². The molecule has 0 amide bonds. The van der Waals surface area contributed by atoms with Crippen LogP contribution in [0, 0.1) is 0 Å². The van der Waals surface area contributed by atoms with E-state index in [2.05, 4.69) is 15.1 Å². The first-order valence-corrected chi connectivity index (χ1v) is 11.6. The van der Waals surface area contributed by atoms with Crippen LogP contribution < -0.4 is 14.8 Å². The zero-order chi connectivity index (χ0) is 23.8. The first-order valence-electron chi connectivity index (χ1n) is 10.8. The van der Waals surface area contributed by atoms with E-state index in [-0.39, 0.29) is 5.56 Å². The van der Waals surface area contributed by atoms with Crippen molar-refractivity contribution in [3.63, 3.8) is 0 Å². The largest absolute Gasteiger partial charge is 0.497 e. The lowest BCUT2D eigenvalue weighted by Gasteiger charge is -2.02. The molecule has 9 heteroatoms. The summed E-state index contributed by atoms with van der Waals surface area (Å²) in [5.41, 5.74) is 3.95. The molecule has 0 atom stereocenters. The van der Waals surface area contributed by atoms with Crippen LogP contribution in [0.4, 0.5) is 0 Å². The highest BCUT2D eigenvalue weighted by molar-refractivity contribution is 7.15. The number of thiazole rings is 1. The van der Waals surface area contributed by atoms with E-state index >= 15 is 0 Å². The number of hydrogen-bond acceptors (Lipinski definition) is 7. The van der Waals surface area contributed by atoms with Gasteiger partial charge in [0.15, 0.2) is 5.82 Å². The molecule has 0 bridgehead atoms. The molecule has 0 saturated carbocycles. The van der Waals surface area contributed by atoms with Crippen molar-refractivity contribution in [3.8, 4) is 34.1 Å². The van der Waals surface area contributed by atoms with Gasteiger partial charge in [-0.1, -0.05) is 29.5 Å². The number of methoxy groups -OCH3 is 1. The van der Waals surface area contributed by atoms with E-state index in [9.17, 15) is 4.79 Å². The Morgan fingerprint density at radius 2 is 1.77 bits per heavy atom. The molecule has 0 spiro atoms. The first kappa shape index (κ1) is 20.9. The second kappa shape index (κ2) is 8.62. The summed E-state index contributed by atoms with van der Waals surface area (Å²) in [5.74, 6) is 1.24. The summed E-state index contributed by atoms with van der Waals surface area (Å²) in [7, 11) is 1.63. The Bertz CT molecular complexity index is 1740. The maximum atomic E-state index is 13.2. The van der Waals surface area contributed by atoms with Gasteiger partial charge in [0.05, 0.1) is 17.3 Å². The highest BCUT2D eigenvalue weighted by atomic mass is 32.1. The summed E-state index contributed by atoms with van der Waals surface area (Å²) in [4.78, 5) is 22.3. The Kier molecular flexibility index (Phi) is 5.16. The molecule has 0 unspecified atom stereocenters. The third kappa shape index (κ3) is 3.87. The van der Waals surface area contributed by atoms with E-state index < -0.39 is 0 Å². The van der Waals surface area contributed by atoms with E-state index in [1.54, 1.807) is 19.5 Å². The van der Waals surface area contributed by atoms with Gasteiger partial charge in [0, 0.05) is 35.3 Å². The van der Waals surface area contributed by atoms with Gasteiger partial charge < -0.3 is 4.74 Å². The monoisotopic (exact) mass is 478 g/mol. The summed E-state index contributed by atoms with van der Waals surface area (Å²) >= 11 is 1.29. The second-order valence-electron chi connectivity index (χ2n) is 7.73. The van der Waals surface area contributed by atoms with Gasteiger partial charge in [0.25, 0.3) is 5.56 Å². The van der Waals surface area contributed by atoms with Crippen LogP contribution in [0.5, 0.6) is 5.75 Å². The maximum absolute atomic E-state index is 13.2. The van der Waals surface area contributed by atoms with Crippen LogP contribution in [-0.2, 0) is 0 Å². The van der Waals surface area contributed by atoms with Gasteiger partial charge >= 0.3 is 0 Å². The average molecular weight is 479 g/mol. The molecule has 0 saturated heterocycles. The van der Waals surface area contributed by atoms with Gasteiger partial charge in [0.2, 0.25) is 4.96 Å². The van der Waals surface area contributed by atoms with Crippen molar-refractivity contribution in [2.75, 3.05) is 7.11 Å². The van der Waals surface area contributed by atoms with Crippen molar-refractivity contribution in [1.82, 2.24) is 29.4 Å². The Balaban J connectivity index is 1.48. The molecule has 2 aromatic carbocycles. The number of fused-ring (bicyclic) bond motifs is 1. The van der Waals surface area contributed by atoms with Crippen LogP contribution in [0.2, 0.25) is 0 Å². The smallest absolute Gasteiger partial charge is 0.291 e. The lowest BCUT2D eigenvalue weighted by Crippen LogP contribution is -2.23. The van der Waals surface area contributed by atoms with E-state index in [1.165, 1.54) is 15.9 Å². The minimum atomic E-state index is -0.221. The molecular weight excluding hydrogens is 460 g/mol. The second-order valence-corrected chi connectivity index (χ2v) is 8.74. The molecule has 6 aromatic rings. The summed E-state index contributed by atoms with van der Waals surface area (Å²) in [6, 6.07) is 21.2. The zero-order valence-electron chi connectivity index (χ0n) is 18.6. The normalized spacial score (nSPS) is 11.9. The van der Waals surface area contributed by atoms with Gasteiger partial charge in [-0.25, -0.2) is 4.68 Å². The van der Waals surface area contributed by atoms with Crippen molar-refractivity contribution in [1.29, 1.82) is 0 Å². The molecule has 0 aliphatic carbocycles. The Labute approximate surface area is 203 Å². The predicted octanol–water partition coefficient (Wildman–Crippen LogP) is 3.62. The number of hydrogen-bond donors (Lipinski definition) is 0. The molecule has 4 aromatic heterocycles. The van der Waals surface area contributed by atoms with Crippen LogP contribution in [0.25, 0.3) is 39.4 Å². The standard InChI is InChI=1S/C26H18N6O2S/c1-34-21-11-9-17(10-12-21)23-19(16-31(29-23)20-7-3-2-4-8-20)14-22-25(33)32-26(35-22)28-24(30-32)18-6-5-13-27-15-18/h2-16H,1H3. The fourth-order valence-electron chi connectivity index (χ4n) is 3.77. The van der Waals surface area contributed by atoms with Gasteiger partial charge in [0.1, 0.15) is 11.4 Å². The number of ether oxygens (including phenoxy) is 1. The Morgan fingerprint density at radius 3 is 2.49 bits per heavy atom. The highest BCUT2D eigenvalue weighted by Crippen LogP contribution is 2.26. The third-order valence-electron chi connectivity index (χ3n) is 5.51. The fourth-order valence-corrected chi connectivity index (χ4v) is 4.67. The Morgan fingerprint density at radius 1 is 0.943 bits per heavy atom. The molecule has 0 fully saturated rings. The van der Waals surface area contributed by atoms with Crippen molar-refractivity contribution in [2.45, 2.75) is 0 Å². The van der Waals surface area contributed by atoms with Gasteiger partial charge in [-0.15, -0.1) is 5.10 Å². The number of benzene rings is 2. The summed E-state index contributed by atoms with van der Waals surface area (Å²) in [6.07, 6.45) is 7.13. The topological polar surface area (TPSA) is 87.2 Å². The summed E-state index contributed by atoms with van der Waals surface area (Å²) in [5, 5.41) is 9.24. The average Bonchev–Trinajstić information content (AvgIpc) is 3.60. The van der Waals surface area contributed by atoms with Gasteiger partial charge in [-0.3, -0.25) is 9.78 Å². The number of para-hydroxylation sites is 1. The van der Waals surface area contributed by atoms with Crippen LogP contribution in [0.15, 0.2) is 90.1 Å². The molecule has 0 aliphatic heterocycles. The number of nitrogens with zero attached hydrogens (tertiary/aromatic N) is 6. The molecule has 6 rings (SSSR count). The van der Waals surface area contributed by atoms with E-state index in [4.69, 9.17) is 9.84 Å². The minimum absolute atomic E-state index is 0.221. The number of aromatic nitrogens is 6. The highest BCUT2D eigenvalue weighted by Gasteiger charge is 2.15. The van der Waals surface area contributed by atoms with Crippen molar-refractivity contribution >= 4 is 22.4 Å². The van der Waals surface area contributed by atoms with Crippen LogP contribution in [0.3, 0.4) is 0 Å². The number of pyridine rings is 1. The summed E-state index contributed by atoms with van der Waals surface area (Å²) in [6.45, 7) is 0. The van der Waals surface area contributed by atoms with E-state index in [0.29, 0.717) is 15.3 Å². The molecular formula is C26H18N6O2S. The van der Waals surface area contributed by atoms with Crippen LogP contribution in [0.1, 0.15) is 5.56 Å². The Hall–Kier alpha value is -4.63. The maximum Gasteiger partial charge on any atom is 0.291 e. The zero-order valence-corrected chi connectivity index (χ0v) is 19.4. The molecule has 0 N–H and O–H groups in total. The van der Waals surface area contributed by atoms with E-state index in [1.807, 2.05) is 83.7 Å². The minimum Gasteiger partial charge on any atom is -0.497 e. The quantitative estimate of drug-likeness (QED) is 0.376. The molecule has 0 radical (unpaired) electrons. The molecule has 170 valence electrons. The fraction of sp³-hybridized carbons (Fsp3) is 0.0385. The molecule has 35 heavy (non-hydrogen) atoms. The molecule has 0 aliphatic rings. The first-order chi connectivity index (χ1) is 17.2. The van der Waals surface area contributed by atoms with Crippen molar-refractivity contribution < 1.29 is 4.74 Å². The van der Waals surface area contributed by atoms with Crippen molar-refractivity contribution in [3.05, 3.63) is 106 Å². The summed E-state index contributed by atoms with van der Waals surface area (Å²) < 4.78 is 8.98. The molecule has 4 heterocycles. The van der Waals surface area contributed by atoms with Crippen LogP contribution >= 0.6 is 11.3 Å². The van der Waals surface area contributed by atoms with E-state index in [0.717, 1.165) is 33.8 Å². The third-order valence-corrected chi connectivity index (χ3v) is 6.47. The predicted molar refractivity (Wildman–Crippen MR) is 135 cm³/mol. The SMILES string of the molecule is COc1ccc(-c2nn(-c3ccccc3)cc2C=c2sc3nc(-c4cccnc4)nn3c2=O)cc1. The molecule has 8 nitrogen and oxygen atoms in total.